The first-order valence-electron chi connectivity index (χ1n) is 28.7. The average Bonchev–Trinajstić information content (AvgIpc) is 2.42. The predicted molar refractivity (Wildman–Crippen MR) is 303 cm³/mol. The number of nitrogens with one attached hydrogen (secondary N) is 3. The Bertz CT molecular complexity index is 3590. The minimum absolute atomic E-state index is 0.00517. The van der Waals surface area contributed by atoms with Crippen LogP contribution in [0.5, 0.6) is 17.4 Å². The van der Waals surface area contributed by atoms with Gasteiger partial charge in [0.2, 0.25) is 5.88 Å². The summed E-state index contributed by atoms with van der Waals surface area (Å²) >= 11 is 0. The standard InChI is InChI=1S/C60H66F3N9O10S/c1-35(2)81-53-6-4-3-5-41(53)52-32-68(31-36-7-10-44(61)45(62)23-36)18-19-70(52)39-28-60(29-39)14-16-69(17-15-60)38-8-9-42(49(24-38)71-48-13-22-79-34-55(48)82-59-51(71)27-43-46(63)30-64-57(43)66-59)58(73)67-83(76,77)40-25-50(72(74)75)56-54(26-40)80-33-47(65-56)37-11-20-78-21-12-37/h3-10,23-27,30,35,37,39,47-48,52,55,65H,11-22,28-29,31-34H2,1-2H3,(H,64,66)(H,67,73)/t47-,48-,52-,55-/m0/s1. The molecule has 19 nitrogen and oxygen atoms in total. The van der Waals surface area contributed by atoms with E-state index in [0.29, 0.717) is 75.4 Å². The number of piperidine rings is 1. The molecule has 4 saturated heterocycles. The summed E-state index contributed by atoms with van der Waals surface area (Å²) in [6.07, 6.45) is 6.30. The Morgan fingerprint density at radius 2 is 1.70 bits per heavy atom. The maximum atomic E-state index is 15.4. The van der Waals surface area contributed by atoms with Gasteiger partial charge >= 0.3 is 0 Å². The van der Waals surface area contributed by atoms with E-state index in [-0.39, 0.29) is 76.6 Å². The smallest absolute Gasteiger partial charge is 0.297 e. The minimum atomic E-state index is -4.79. The largest absolute Gasteiger partial charge is 0.491 e. The molecule has 6 aromatic rings. The van der Waals surface area contributed by atoms with Crippen LogP contribution in [0.4, 0.5) is 41.6 Å². The highest BCUT2D eigenvalue weighted by atomic mass is 32.2. The molecule has 0 unspecified atom stereocenters. The summed E-state index contributed by atoms with van der Waals surface area (Å²) in [5.74, 6) is -2.14. The van der Waals surface area contributed by atoms with Gasteiger partial charge in [0.1, 0.15) is 35.6 Å². The Kier molecular flexibility index (Phi) is 14.7. The second-order valence-corrected chi connectivity index (χ2v) is 25.2. The number of aromatic amines is 1. The summed E-state index contributed by atoms with van der Waals surface area (Å²) < 4.78 is 105. The van der Waals surface area contributed by atoms with E-state index < -0.39 is 61.0 Å². The quantitative estimate of drug-likeness (QED) is 0.0727. The number of hydrogen-bond donors (Lipinski definition) is 3. The highest BCUT2D eigenvalue weighted by Crippen LogP contribution is 2.54. The first-order chi connectivity index (χ1) is 40.1. The molecule has 1 saturated carbocycles. The summed E-state index contributed by atoms with van der Waals surface area (Å²) in [5, 5.41) is 16.0. The number of fused-ring (bicyclic) bond motifs is 4. The van der Waals surface area contributed by atoms with Gasteiger partial charge in [0, 0.05) is 94.7 Å². The van der Waals surface area contributed by atoms with Crippen molar-refractivity contribution in [3.63, 3.8) is 0 Å². The van der Waals surface area contributed by atoms with Crippen molar-refractivity contribution < 1.29 is 55.0 Å². The number of nitrogens with zero attached hydrogens (tertiary/aromatic N) is 6. The van der Waals surface area contributed by atoms with Gasteiger partial charge < -0.3 is 43.8 Å². The molecule has 0 bridgehead atoms. The molecule has 1 amide bonds. The molecule has 438 valence electrons. The SMILES string of the molecule is CC(C)Oc1ccccc1[C@@H]1CN(Cc2ccc(F)c(F)c2)CCN1C1CC2(CCN(c3ccc(C(=O)NS(=O)(=O)c4cc5c(c([N+](=O)[O-])c4)N[C@H](C4CCOCC4)CO5)c(N4c5cc6c(F)c[nH]c6nc5O[C@H]5COCC[C@@H]54)c3)CC2)C1. The fourth-order valence-corrected chi connectivity index (χ4v) is 14.8. The number of ether oxygens (including phenoxy) is 5. The number of piperazine rings is 1. The van der Waals surface area contributed by atoms with Gasteiger partial charge in [0.25, 0.3) is 21.6 Å². The van der Waals surface area contributed by atoms with Gasteiger partial charge in [-0.15, -0.1) is 0 Å². The van der Waals surface area contributed by atoms with E-state index in [0.717, 1.165) is 74.7 Å². The number of anilines is 4. The van der Waals surface area contributed by atoms with Gasteiger partial charge in [0.15, 0.2) is 23.1 Å². The first-order valence-corrected chi connectivity index (χ1v) is 30.2. The van der Waals surface area contributed by atoms with Gasteiger partial charge in [-0.05, 0) is 118 Å². The van der Waals surface area contributed by atoms with Crippen molar-refractivity contribution in [3.05, 3.63) is 129 Å². The van der Waals surface area contributed by atoms with Crippen molar-refractivity contribution in [2.75, 3.05) is 80.9 Å². The lowest BCUT2D eigenvalue weighted by atomic mass is 9.59. The lowest BCUT2D eigenvalue weighted by Crippen LogP contribution is -2.59. The third-order valence-corrected chi connectivity index (χ3v) is 19.4. The van der Waals surface area contributed by atoms with Crippen LogP contribution in [0, 0.1) is 38.9 Å². The first kappa shape index (κ1) is 55.0. The van der Waals surface area contributed by atoms with Crippen LogP contribution in [0.2, 0.25) is 0 Å². The van der Waals surface area contributed by atoms with Crippen molar-refractivity contribution in [1.29, 1.82) is 0 Å². The number of sulfonamides is 1. The monoisotopic (exact) mass is 1160 g/mol. The number of para-hydroxylation sites is 1. The number of hydrogen-bond acceptors (Lipinski definition) is 16. The van der Waals surface area contributed by atoms with Crippen LogP contribution < -0.4 is 34.0 Å². The average molecular weight is 1160 g/mol. The molecule has 23 heteroatoms. The zero-order chi connectivity index (χ0) is 57.3. The molecular weight excluding hydrogens is 1100 g/mol. The number of rotatable bonds is 13. The molecule has 8 heterocycles. The Hall–Kier alpha value is -7.18. The third-order valence-electron chi connectivity index (χ3n) is 18.1. The van der Waals surface area contributed by atoms with Crippen LogP contribution >= 0.6 is 0 Å². The van der Waals surface area contributed by atoms with Crippen LogP contribution in [-0.2, 0) is 26.0 Å². The van der Waals surface area contributed by atoms with Crippen molar-refractivity contribution in [2.45, 2.75) is 107 Å². The van der Waals surface area contributed by atoms with Gasteiger partial charge in [0.05, 0.1) is 57.3 Å². The van der Waals surface area contributed by atoms with E-state index in [1.807, 2.05) is 49.1 Å². The number of H-pyrrole nitrogens is 1. The number of benzene rings is 4. The molecule has 4 aromatic carbocycles. The Morgan fingerprint density at radius 1 is 0.904 bits per heavy atom. The number of carbonyl (C=O) groups excluding carboxylic acids is 1. The number of halogens is 3. The third kappa shape index (κ3) is 10.7. The topological polar surface area (TPSA) is 206 Å². The van der Waals surface area contributed by atoms with Gasteiger partial charge in [-0.2, -0.15) is 4.98 Å². The van der Waals surface area contributed by atoms with Crippen molar-refractivity contribution in [3.8, 4) is 17.4 Å². The minimum Gasteiger partial charge on any atom is -0.491 e. The molecule has 0 radical (unpaired) electrons. The summed E-state index contributed by atoms with van der Waals surface area (Å²) in [7, 11) is -4.79. The highest BCUT2D eigenvalue weighted by molar-refractivity contribution is 7.90. The second kappa shape index (κ2) is 22.1. The number of amides is 1. The molecule has 6 aliphatic heterocycles. The van der Waals surface area contributed by atoms with E-state index in [4.69, 9.17) is 23.7 Å². The number of nitro groups is 1. The molecule has 1 spiro atoms. The fourth-order valence-electron chi connectivity index (χ4n) is 13.8. The van der Waals surface area contributed by atoms with E-state index in [2.05, 4.69) is 40.8 Å². The van der Waals surface area contributed by atoms with Gasteiger partial charge in [-0.3, -0.25) is 24.7 Å². The zero-order valence-corrected chi connectivity index (χ0v) is 47.0. The molecule has 2 aromatic heterocycles. The molecule has 83 heavy (non-hydrogen) atoms. The predicted octanol–water partition coefficient (Wildman–Crippen LogP) is 9.39. The van der Waals surface area contributed by atoms with Gasteiger partial charge in [-0.25, -0.2) is 26.3 Å². The Morgan fingerprint density at radius 3 is 2.48 bits per heavy atom. The van der Waals surface area contributed by atoms with E-state index in [1.54, 1.807) is 18.2 Å². The molecular formula is C60H66F3N9O10S. The summed E-state index contributed by atoms with van der Waals surface area (Å²) in [6, 6.07) is 20.9. The van der Waals surface area contributed by atoms with Crippen LogP contribution in [-0.4, -0.2) is 135 Å². The van der Waals surface area contributed by atoms with Crippen LogP contribution in [0.15, 0.2) is 90.0 Å². The van der Waals surface area contributed by atoms with E-state index in [1.165, 1.54) is 24.4 Å². The lowest BCUT2D eigenvalue weighted by molar-refractivity contribution is -0.384. The van der Waals surface area contributed by atoms with Crippen LogP contribution in [0.1, 0.15) is 86.3 Å². The van der Waals surface area contributed by atoms with Crippen molar-refractivity contribution >= 4 is 55.4 Å². The number of aromatic nitrogens is 2. The van der Waals surface area contributed by atoms with E-state index >= 15 is 4.39 Å². The summed E-state index contributed by atoms with van der Waals surface area (Å²) in [6.45, 7) is 9.95. The number of carbonyl (C=O) groups is 1. The summed E-state index contributed by atoms with van der Waals surface area (Å²) in [4.78, 5) is 42.9. The molecule has 7 aliphatic rings. The van der Waals surface area contributed by atoms with Crippen LogP contribution in [0.25, 0.3) is 11.0 Å². The lowest BCUT2D eigenvalue weighted by Gasteiger charge is -2.58. The highest BCUT2D eigenvalue weighted by Gasteiger charge is 2.51. The van der Waals surface area contributed by atoms with Crippen molar-refractivity contribution in [2.24, 2.45) is 11.3 Å². The molecule has 1 aliphatic carbocycles. The second-order valence-electron chi connectivity index (χ2n) is 23.5. The molecule has 4 atom stereocenters. The maximum Gasteiger partial charge on any atom is 0.297 e. The van der Waals surface area contributed by atoms with Crippen LogP contribution in [0.3, 0.4) is 0 Å². The Labute approximate surface area is 478 Å². The summed E-state index contributed by atoms with van der Waals surface area (Å²) in [5.41, 5.74) is 3.18. The van der Waals surface area contributed by atoms with E-state index in [9.17, 15) is 32.1 Å². The fraction of sp³-hybridized carbons (Fsp3) is 0.467. The normalized spacial score (nSPS) is 23.1. The van der Waals surface area contributed by atoms with Crippen molar-refractivity contribution in [1.82, 2.24) is 24.5 Å². The number of nitro benzene ring substituents is 1. The molecule has 3 N–H and O–H groups in total. The number of pyridine rings is 1. The molecule has 13 rings (SSSR count). The van der Waals surface area contributed by atoms with Gasteiger partial charge in [-0.1, -0.05) is 24.3 Å². The maximum absolute atomic E-state index is 15.4. The molecule has 5 fully saturated rings. The Balaban J connectivity index is 0.780. The zero-order valence-electron chi connectivity index (χ0n) is 46.2.